The van der Waals surface area contributed by atoms with E-state index in [-0.39, 0.29) is 5.91 Å². The number of nitrogens with one attached hydrogen (secondary N) is 1. The Kier molecular flexibility index (Phi) is 6.60. The predicted octanol–water partition coefficient (Wildman–Crippen LogP) is 4.49. The van der Waals surface area contributed by atoms with E-state index in [1.165, 1.54) is 49.9 Å². The maximum absolute atomic E-state index is 12.9. The number of rotatable bonds is 6. The van der Waals surface area contributed by atoms with Crippen molar-refractivity contribution in [2.24, 2.45) is 0 Å². The number of hydrogen-bond donors (Lipinski definition) is 1. The van der Waals surface area contributed by atoms with Gasteiger partial charge in [-0.1, -0.05) is 55.3 Å². The van der Waals surface area contributed by atoms with Crippen molar-refractivity contribution in [3.63, 3.8) is 0 Å². The molecule has 0 bridgehead atoms. The van der Waals surface area contributed by atoms with E-state index in [0.717, 1.165) is 17.9 Å². The van der Waals surface area contributed by atoms with Crippen LogP contribution in [0.4, 0.5) is 0 Å². The standard InChI is InChI=1S/C25H30N4O/c1-20-24(19-29(27-20)23-13-5-4-6-14-23)25(30)26-17-21-11-7-8-12-22(21)18-28-15-9-2-3-10-16-28/h4-8,11-14,19H,2-3,9-10,15-18H2,1H3,(H,26,30). The first-order valence-corrected chi connectivity index (χ1v) is 10.9. The molecule has 156 valence electrons. The molecule has 5 nitrogen and oxygen atoms in total. The number of likely N-dealkylation sites (tertiary alicyclic amines) is 1. The third-order valence-corrected chi connectivity index (χ3v) is 5.81. The van der Waals surface area contributed by atoms with E-state index in [9.17, 15) is 4.79 Å². The Morgan fingerprint density at radius 1 is 0.933 bits per heavy atom. The van der Waals surface area contributed by atoms with E-state index in [1.807, 2.05) is 49.5 Å². The van der Waals surface area contributed by atoms with Gasteiger partial charge in [0.05, 0.1) is 16.9 Å². The van der Waals surface area contributed by atoms with Crippen LogP contribution in [-0.4, -0.2) is 33.7 Å². The summed E-state index contributed by atoms with van der Waals surface area (Å²) < 4.78 is 1.76. The van der Waals surface area contributed by atoms with Crippen molar-refractivity contribution in [3.8, 4) is 5.69 Å². The molecule has 4 rings (SSSR count). The molecule has 1 fully saturated rings. The first kappa shape index (κ1) is 20.4. The van der Waals surface area contributed by atoms with Crippen LogP contribution in [0, 0.1) is 6.92 Å². The Balaban J connectivity index is 1.43. The number of para-hydroxylation sites is 1. The fourth-order valence-electron chi connectivity index (χ4n) is 4.09. The third-order valence-electron chi connectivity index (χ3n) is 5.81. The topological polar surface area (TPSA) is 50.2 Å². The molecule has 3 aromatic rings. The fraction of sp³-hybridized carbons (Fsp3) is 0.360. The lowest BCUT2D eigenvalue weighted by Gasteiger charge is -2.21. The highest BCUT2D eigenvalue weighted by Gasteiger charge is 2.16. The number of hydrogen-bond acceptors (Lipinski definition) is 3. The monoisotopic (exact) mass is 402 g/mol. The molecule has 1 N–H and O–H groups in total. The lowest BCUT2D eigenvalue weighted by Crippen LogP contribution is -2.27. The number of nitrogens with zero attached hydrogens (tertiary/aromatic N) is 3. The van der Waals surface area contributed by atoms with E-state index < -0.39 is 0 Å². The summed E-state index contributed by atoms with van der Waals surface area (Å²) in [6.07, 6.45) is 7.05. The number of amides is 1. The second-order valence-electron chi connectivity index (χ2n) is 8.05. The average molecular weight is 403 g/mol. The predicted molar refractivity (Wildman–Crippen MR) is 120 cm³/mol. The number of carbonyl (C=O) groups is 1. The van der Waals surface area contributed by atoms with Gasteiger partial charge in [0.25, 0.3) is 5.91 Å². The minimum Gasteiger partial charge on any atom is -0.348 e. The quantitative estimate of drug-likeness (QED) is 0.661. The summed E-state index contributed by atoms with van der Waals surface area (Å²) in [5.41, 5.74) is 4.78. The summed E-state index contributed by atoms with van der Waals surface area (Å²) in [7, 11) is 0. The second kappa shape index (κ2) is 9.72. The molecule has 0 spiro atoms. The zero-order valence-corrected chi connectivity index (χ0v) is 17.7. The van der Waals surface area contributed by atoms with E-state index >= 15 is 0 Å². The summed E-state index contributed by atoms with van der Waals surface area (Å²) in [4.78, 5) is 15.4. The first-order chi connectivity index (χ1) is 14.7. The fourth-order valence-corrected chi connectivity index (χ4v) is 4.09. The Bertz CT molecular complexity index is 972. The molecule has 0 saturated carbocycles. The largest absolute Gasteiger partial charge is 0.348 e. The molecule has 5 heteroatoms. The van der Waals surface area contributed by atoms with Crippen LogP contribution >= 0.6 is 0 Å². The summed E-state index contributed by atoms with van der Waals surface area (Å²) in [5, 5.41) is 7.61. The highest BCUT2D eigenvalue weighted by molar-refractivity contribution is 5.95. The molecule has 0 aliphatic carbocycles. The zero-order valence-electron chi connectivity index (χ0n) is 17.7. The third kappa shape index (κ3) is 4.97. The molecular formula is C25H30N4O. The number of carbonyl (C=O) groups excluding carboxylic acids is 1. The molecule has 0 unspecified atom stereocenters. The normalized spacial score (nSPS) is 15.0. The Morgan fingerprint density at radius 3 is 2.33 bits per heavy atom. The number of benzene rings is 2. The van der Waals surface area contributed by atoms with Crippen LogP contribution in [0.2, 0.25) is 0 Å². The van der Waals surface area contributed by atoms with Crippen LogP contribution < -0.4 is 5.32 Å². The van der Waals surface area contributed by atoms with Crippen molar-refractivity contribution < 1.29 is 4.79 Å². The van der Waals surface area contributed by atoms with Gasteiger partial charge < -0.3 is 5.32 Å². The van der Waals surface area contributed by atoms with Crippen LogP contribution in [-0.2, 0) is 13.1 Å². The van der Waals surface area contributed by atoms with Crippen molar-refractivity contribution >= 4 is 5.91 Å². The van der Waals surface area contributed by atoms with Gasteiger partial charge in [-0.2, -0.15) is 5.10 Å². The van der Waals surface area contributed by atoms with Gasteiger partial charge in [-0.05, 0) is 56.1 Å². The number of aryl methyl sites for hydroxylation is 1. The Labute approximate surface area is 178 Å². The maximum atomic E-state index is 12.9. The van der Waals surface area contributed by atoms with E-state index in [1.54, 1.807) is 4.68 Å². The van der Waals surface area contributed by atoms with E-state index in [0.29, 0.717) is 12.1 Å². The molecule has 2 aromatic carbocycles. The van der Waals surface area contributed by atoms with Gasteiger partial charge in [0.1, 0.15) is 0 Å². The van der Waals surface area contributed by atoms with Crippen LogP contribution in [0.1, 0.15) is 52.9 Å². The van der Waals surface area contributed by atoms with Gasteiger partial charge in [0.15, 0.2) is 0 Å². The van der Waals surface area contributed by atoms with Gasteiger partial charge in [-0.15, -0.1) is 0 Å². The summed E-state index contributed by atoms with van der Waals surface area (Å²) in [6.45, 7) is 5.69. The van der Waals surface area contributed by atoms with Crippen molar-refractivity contribution in [2.75, 3.05) is 13.1 Å². The lowest BCUT2D eigenvalue weighted by molar-refractivity contribution is 0.0950. The van der Waals surface area contributed by atoms with Crippen LogP contribution in [0.5, 0.6) is 0 Å². The molecule has 1 amide bonds. The van der Waals surface area contributed by atoms with E-state index in [4.69, 9.17) is 0 Å². The van der Waals surface area contributed by atoms with Crippen LogP contribution in [0.15, 0.2) is 60.8 Å². The SMILES string of the molecule is Cc1nn(-c2ccccc2)cc1C(=O)NCc1ccccc1CN1CCCCCC1. The minimum absolute atomic E-state index is 0.0840. The smallest absolute Gasteiger partial charge is 0.255 e. The van der Waals surface area contributed by atoms with Gasteiger partial charge in [-0.25, -0.2) is 4.68 Å². The van der Waals surface area contributed by atoms with E-state index in [2.05, 4.69) is 33.5 Å². The summed E-state index contributed by atoms with van der Waals surface area (Å²) in [5.74, 6) is -0.0840. The first-order valence-electron chi connectivity index (χ1n) is 10.9. The summed E-state index contributed by atoms with van der Waals surface area (Å²) >= 11 is 0. The maximum Gasteiger partial charge on any atom is 0.255 e. The van der Waals surface area contributed by atoms with Gasteiger partial charge in [0.2, 0.25) is 0 Å². The molecule has 2 heterocycles. The highest BCUT2D eigenvalue weighted by Crippen LogP contribution is 2.17. The highest BCUT2D eigenvalue weighted by atomic mass is 16.1. The van der Waals surface area contributed by atoms with Crippen molar-refractivity contribution in [1.82, 2.24) is 20.0 Å². The molecule has 1 aliphatic rings. The second-order valence-corrected chi connectivity index (χ2v) is 8.05. The molecule has 0 radical (unpaired) electrons. The van der Waals surface area contributed by atoms with Gasteiger partial charge >= 0.3 is 0 Å². The van der Waals surface area contributed by atoms with Crippen molar-refractivity contribution in [1.29, 1.82) is 0 Å². The zero-order chi connectivity index (χ0) is 20.8. The Hall–Kier alpha value is -2.92. The van der Waals surface area contributed by atoms with Gasteiger partial charge in [-0.3, -0.25) is 9.69 Å². The molecule has 1 aliphatic heterocycles. The van der Waals surface area contributed by atoms with Crippen LogP contribution in [0.25, 0.3) is 5.69 Å². The molecule has 1 saturated heterocycles. The molecule has 0 atom stereocenters. The van der Waals surface area contributed by atoms with Crippen LogP contribution in [0.3, 0.4) is 0 Å². The average Bonchev–Trinajstić information content (AvgIpc) is 2.99. The van der Waals surface area contributed by atoms with Crippen molar-refractivity contribution in [2.45, 2.75) is 45.7 Å². The Morgan fingerprint density at radius 2 is 1.60 bits per heavy atom. The van der Waals surface area contributed by atoms with Gasteiger partial charge in [0, 0.05) is 19.3 Å². The minimum atomic E-state index is -0.0840. The molecule has 1 aromatic heterocycles. The summed E-state index contributed by atoms with van der Waals surface area (Å²) in [6, 6.07) is 18.3. The van der Waals surface area contributed by atoms with Crippen molar-refractivity contribution in [3.05, 3.63) is 83.2 Å². The lowest BCUT2D eigenvalue weighted by atomic mass is 10.1. The number of aromatic nitrogens is 2. The molecule has 30 heavy (non-hydrogen) atoms. The molecular weight excluding hydrogens is 372 g/mol.